The number of hydrogen-bond acceptors (Lipinski definition) is 4. The Morgan fingerprint density at radius 2 is 1.53 bits per heavy atom. The predicted octanol–water partition coefficient (Wildman–Crippen LogP) is 5.47. The maximum Gasteiger partial charge on any atom is 0.264 e. The number of piperidine rings is 1. The van der Waals surface area contributed by atoms with Crippen LogP contribution in [0.3, 0.4) is 0 Å². The van der Waals surface area contributed by atoms with Gasteiger partial charge >= 0.3 is 0 Å². The molecule has 0 atom stereocenters. The van der Waals surface area contributed by atoms with Gasteiger partial charge in [0, 0.05) is 29.5 Å². The normalized spacial score (nSPS) is 14.0. The fourth-order valence-corrected chi connectivity index (χ4v) is 5.55. The standard InChI is InChI=1S/C26H28ClN3O3S/c1-20-5-15-25(16-6-20)34(32,33)30(24-11-7-21(27)8-12-24)19-26(31)28-22-9-13-23(14-10-22)29-17-3-2-4-18-29/h5-16H,2-4,17-19H2,1H3,(H,28,31). The number of rotatable bonds is 7. The first-order chi connectivity index (χ1) is 16.3. The number of amides is 1. The van der Waals surface area contributed by atoms with Gasteiger partial charge in [0.15, 0.2) is 0 Å². The lowest BCUT2D eigenvalue weighted by Crippen LogP contribution is -2.38. The lowest BCUT2D eigenvalue weighted by atomic mass is 10.1. The van der Waals surface area contributed by atoms with Crippen LogP contribution < -0.4 is 14.5 Å². The number of carbonyl (C=O) groups excluding carboxylic acids is 1. The Balaban J connectivity index is 1.53. The molecule has 1 N–H and O–H groups in total. The molecular weight excluding hydrogens is 470 g/mol. The summed E-state index contributed by atoms with van der Waals surface area (Å²) in [7, 11) is -3.97. The van der Waals surface area contributed by atoms with Crippen molar-refractivity contribution in [3.63, 3.8) is 0 Å². The number of nitrogens with one attached hydrogen (secondary N) is 1. The molecule has 1 fully saturated rings. The SMILES string of the molecule is Cc1ccc(S(=O)(=O)N(CC(=O)Nc2ccc(N3CCCCC3)cc2)c2ccc(Cl)cc2)cc1. The number of aryl methyl sites for hydroxylation is 1. The topological polar surface area (TPSA) is 69.7 Å². The molecule has 1 amide bonds. The fraction of sp³-hybridized carbons (Fsp3) is 0.269. The summed E-state index contributed by atoms with van der Waals surface area (Å²) in [4.78, 5) is 15.4. The molecule has 6 nitrogen and oxygen atoms in total. The molecular formula is C26H28ClN3O3S. The summed E-state index contributed by atoms with van der Waals surface area (Å²) >= 11 is 6.00. The fourth-order valence-electron chi connectivity index (χ4n) is 4.00. The van der Waals surface area contributed by atoms with E-state index in [0.717, 1.165) is 28.6 Å². The van der Waals surface area contributed by atoms with Crippen LogP contribution in [0.5, 0.6) is 0 Å². The van der Waals surface area contributed by atoms with Gasteiger partial charge in [0.1, 0.15) is 6.54 Å². The summed E-state index contributed by atoms with van der Waals surface area (Å²) in [5.74, 6) is -0.434. The van der Waals surface area contributed by atoms with Crippen LogP contribution in [-0.2, 0) is 14.8 Å². The molecule has 1 aliphatic heterocycles. The van der Waals surface area contributed by atoms with E-state index in [-0.39, 0.29) is 11.4 Å². The lowest BCUT2D eigenvalue weighted by molar-refractivity contribution is -0.114. The predicted molar refractivity (Wildman–Crippen MR) is 138 cm³/mol. The molecule has 0 radical (unpaired) electrons. The molecule has 34 heavy (non-hydrogen) atoms. The van der Waals surface area contributed by atoms with Crippen molar-refractivity contribution in [2.75, 3.05) is 34.2 Å². The van der Waals surface area contributed by atoms with Gasteiger partial charge in [0.05, 0.1) is 10.6 Å². The minimum Gasteiger partial charge on any atom is -0.372 e. The second-order valence-electron chi connectivity index (χ2n) is 8.44. The second kappa shape index (κ2) is 10.5. The Kier molecular flexibility index (Phi) is 7.44. The average molecular weight is 498 g/mol. The molecule has 1 heterocycles. The Bertz CT molecular complexity index is 1220. The molecule has 0 aliphatic carbocycles. The highest BCUT2D eigenvalue weighted by atomic mass is 35.5. The van der Waals surface area contributed by atoms with E-state index in [4.69, 9.17) is 11.6 Å². The summed E-state index contributed by atoms with van der Waals surface area (Å²) in [6.07, 6.45) is 3.64. The smallest absolute Gasteiger partial charge is 0.264 e. The molecule has 3 aromatic carbocycles. The van der Waals surface area contributed by atoms with Crippen molar-refractivity contribution in [3.05, 3.63) is 83.4 Å². The van der Waals surface area contributed by atoms with Crippen LogP contribution in [-0.4, -0.2) is 34.0 Å². The lowest BCUT2D eigenvalue weighted by Gasteiger charge is -2.29. The second-order valence-corrected chi connectivity index (χ2v) is 10.7. The van der Waals surface area contributed by atoms with Crippen LogP contribution in [0, 0.1) is 6.92 Å². The van der Waals surface area contributed by atoms with Crippen LogP contribution in [0.25, 0.3) is 0 Å². The van der Waals surface area contributed by atoms with Crippen LogP contribution in [0.1, 0.15) is 24.8 Å². The van der Waals surface area contributed by atoms with Gasteiger partial charge in [0.25, 0.3) is 10.0 Å². The van der Waals surface area contributed by atoms with Crippen molar-refractivity contribution in [3.8, 4) is 0 Å². The van der Waals surface area contributed by atoms with Gasteiger partial charge < -0.3 is 10.2 Å². The molecule has 0 bridgehead atoms. The molecule has 4 rings (SSSR count). The third-order valence-corrected chi connectivity index (χ3v) is 7.92. The van der Waals surface area contributed by atoms with Crippen molar-refractivity contribution in [2.45, 2.75) is 31.1 Å². The Morgan fingerprint density at radius 3 is 2.15 bits per heavy atom. The van der Waals surface area contributed by atoms with Crippen molar-refractivity contribution in [1.82, 2.24) is 0 Å². The summed E-state index contributed by atoms with van der Waals surface area (Å²) in [6, 6.07) is 20.6. The van der Waals surface area contributed by atoms with Gasteiger partial charge in [-0.05, 0) is 86.8 Å². The zero-order valence-electron chi connectivity index (χ0n) is 19.1. The van der Waals surface area contributed by atoms with Crippen molar-refractivity contribution in [2.24, 2.45) is 0 Å². The van der Waals surface area contributed by atoms with E-state index in [1.54, 1.807) is 48.5 Å². The Labute approximate surface area is 206 Å². The van der Waals surface area contributed by atoms with Crippen LogP contribution in [0.4, 0.5) is 17.1 Å². The number of sulfonamides is 1. The van der Waals surface area contributed by atoms with E-state index < -0.39 is 15.9 Å². The van der Waals surface area contributed by atoms with Gasteiger partial charge in [-0.2, -0.15) is 0 Å². The van der Waals surface area contributed by atoms with E-state index >= 15 is 0 Å². The first kappa shape index (κ1) is 24.1. The van der Waals surface area contributed by atoms with E-state index in [0.29, 0.717) is 16.4 Å². The summed E-state index contributed by atoms with van der Waals surface area (Å²) < 4.78 is 28.0. The van der Waals surface area contributed by atoms with Gasteiger partial charge in [-0.25, -0.2) is 8.42 Å². The van der Waals surface area contributed by atoms with Crippen molar-refractivity contribution < 1.29 is 13.2 Å². The zero-order valence-corrected chi connectivity index (χ0v) is 20.6. The Morgan fingerprint density at radius 1 is 0.912 bits per heavy atom. The third kappa shape index (κ3) is 5.72. The summed E-state index contributed by atoms with van der Waals surface area (Å²) in [5, 5.41) is 3.31. The number of nitrogens with zero attached hydrogens (tertiary/aromatic N) is 2. The summed E-state index contributed by atoms with van der Waals surface area (Å²) in [5.41, 5.74) is 3.06. The largest absolute Gasteiger partial charge is 0.372 e. The van der Waals surface area contributed by atoms with E-state index in [1.807, 2.05) is 31.2 Å². The minimum absolute atomic E-state index is 0.117. The molecule has 1 aliphatic rings. The van der Waals surface area contributed by atoms with E-state index in [2.05, 4.69) is 10.2 Å². The van der Waals surface area contributed by atoms with Gasteiger partial charge in [0.2, 0.25) is 5.91 Å². The van der Waals surface area contributed by atoms with Gasteiger partial charge in [-0.15, -0.1) is 0 Å². The summed E-state index contributed by atoms with van der Waals surface area (Å²) in [6.45, 7) is 3.60. The minimum atomic E-state index is -3.97. The van der Waals surface area contributed by atoms with Crippen molar-refractivity contribution >= 4 is 44.6 Å². The third-order valence-electron chi connectivity index (χ3n) is 5.88. The molecule has 8 heteroatoms. The molecule has 0 saturated carbocycles. The molecule has 3 aromatic rings. The van der Waals surface area contributed by atoms with Gasteiger partial charge in [-0.1, -0.05) is 29.3 Å². The molecule has 0 aromatic heterocycles. The number of hydrogen-bond donors (Lipinski definition) is 1. The van der Waals surface area contributed by atoms with Crippen molar-refractivity contribution in [1.29, 1.82) is 0 Å². The Hall–Kier alpha value is -3.03. The van der Waals surface area contributed by atoms with Crippen LogP contribution >= 0.6 is 11.6 Å². The maximum absolute atomic E-state index is 13.4. The quantitative estimate of drug-likeness (QED) is 0.469. The number of halogens is 1. The molecule has 1 saturated heterocycles. The molecule has 0 unspecified atom stereocenters. The average Bonchev–Trinajstić information content (AvgIpc) is 2.84. The maximum atomic E-state index is 13.4. The number of carbonyl (C=O) groups is 1. The molecule has 0 spiro atoms. The van der Waals surface area contributed by atoms with E-state index in [9.17, 15) is 13.2 Å². The molecule has 178 valence electrons. The first-order valence-electron chi connectivity index (χ1n) is 11.3. The van der Waals surface area contributed by atoms with Crippen LogP contribution in [0.2, 0.25) is 5.02 Å². The van der Waals surface area contributed by atoms with Gasteiger partial charge in [-0.3, -0.25) is 9.10 Å². The highest BCUT2D eigenvalue weighted by Crippen LogP contribution is 2.26. The zero-order chi connectivity index (χ0) is 24.1. The number of benzene rings is 3. The highest BCUT2D eigenvalue weighted by Gasteiger charge is 2.27. The number of anilines is 3. The monoisotopic (exact) mass is 497 g/mol. The van der Waals surface area contributed by atoms with E-state index in [1.165, 1.54) is 19.3 Å². The highest BCUT2D eigenvalue weighted by molar-refractivity contribution is 7.92. The van der Waals surface area contributed by atoms with Crippen LogP contribution in [0.15, 0.2) is 77.7 Å². The first-order valence-corrected chi connectivity index (χ1v) is 13.1.